The zero-order valence-electron chi connectivity index (χ0n) is 12.9. The summed E-state index contributed by atoms with van der Waals surface area (Å²) in [4.78, 5) is 12.7. The first-order chi connectivity index (χ1) is 10.9. The zero-order valence-corrected chi connectivity index (χ0v) is 13.6. The maximum absolute atomic E-state index is 13.1. The fourth-order valence-electron chi connectivity index (χ4n) is 5.39. The largest absolute Gasteiger partial charge is 0.460 e. The quantitative estimate of drug-likeness (QED) is 0.851. The second kappa shape index (κ2) is 5.18. The monoisotopic (exact) mass is 338 g/mol. The molecule has 4 fully saturated rings. The van der Waals surface area contributed by atoms with Gasteiger partial charge in [-0.05, 0) is 62.5 Å². The second-order valence-corrected chi connectivity index (χ2v) is 8.18. The van der Waals surface area contributed by atoms with Crippen LogP contribution < -0.4 is 0 Å². The van der Waals surface area contributed by atoms with Gasteiger partial charge in [0.25, 0.3) is 0 Å². The molecular formula is C18H20ClFO3. The molecule has 1 aromatic carbocycles. The third kappa shape index (κ3) is 2.66. The predicted octanol–water partition coefficient (Wildman–Crippen LogP) is 3.85. The van der Waals surface area contributed by atoms with Crippen molar-refractivity contribution in [3.05, 3.63) is 34.6 Å². The van der Waals surface area contributed by atoms with E-state index >= 15 is 0 Å². The average Bonchev–Trinajstić information content (AvgIpc) is 2.43. The van der Waals surface area contributed by atoms with E-state index in [0.29, 0.717) is 23.8 Å². The summed E-state index contributed by atoms with van der Waals surface area (Å²) in [6.07, 6.45) is 4.93. The number of esters is 1. The van der Waals surface area contributed by atoms with Gasteiger partial charge < -0.3 is 9.84 Å². The fourth-order valence-corrected chi connectivity index (χ4v) is 5.61. The van der Waals surface area contributed by atoms with E-state index in [4.69, 9.17) is 16.3 Å². The first kappa shape index (κ1) is 15.4. The minimum absolute atomic E-state index is 0.0491. The molecule has 4 aliphatic rings. The van der Waals surface area contributed by atoms with Gasteiger partial charge in [-0.3, -0.25) is 4.79 Å². The lowest BCUT2D eigenvalue weighted by Gasteiger charge is -2.58. The summed E-state index contributed by atoms with van der Waals surface area (Å²) in [7, 11) is 0. The van der Waals surface area contributed by atoms with E-state index in [1.165, 1.54) is 18.2 Å². The van der Waals surface area contributed by atoms with Crippen LogP contribution in [-0.4, -0.2) is 16.7 Å². The minimum atomic E-state index is -0.684. The van der Waals surface area contributed by atoms with Crippen molar-refractivity contribution >= 4 is 17.6 Å². The maximum atomic E-state index is 13.1. The van der Waals surface area contributed by atoms with Gasteiger partial charge in [-0.2, -0.15) is 0 Å². The number of aliphatic hydroxyl groups is 1. The van der Waals surface area contributed by atoms with Crippen LogP contribution >= 0.6 is 11.6 Å². The van der Waals surface area contributed by atoms with Crippen LogP contribution in [0.1, 0.15) is 44.1 Å². The summed E-state index contributed by atoms with van der Waals surface area (Å²) in [6, 6.07) is 4.07. The van der Waals surface area contributed by atoms with Gasteiger partial charge in [-0.1, -0.05) is 17.7 Å². The molecule has 0 amide bonds. The number of benzene rings is 1. The van der Waals surface area contributed by atoms with Crippen LogP contribution in [0.15, 0.2) is 18.2 Å². The molecule has 1 aromatic rings. The van der Waals surface area contributed by atoms with E-state index in [2.05, 4.69) is 0 Å². The summed E-state index contributed by atoms with van der Waals surface area (Å²) >= 11 is 5.98. The van der Waals surface area contributed by atoms with Gasteiger partial charge in [0.05, 0.1) is 16.0 Å². The molecule has 0 radical (unpaired) electrons. The molecule has 0 spiro atoms. The van der Waals surface area contributed by atoms with E-state index in [9.17, 15) is 14.3 Å². The Hall–Kier alpha value is -1.13. The van der Waals surface area contributed by atoms with Crippen LogP contribution in [0.4, 0.5) is 4.39 Å². The molecule has 2 unspecified atom stereocenters. The Morgan fingerprint density at radius 3 is 2.61 bits per heavy atom. The second-order valence-electron chi connectivity index (χ2n) is 7.78. The van der Waals surface area contributed by atoms with Crippen molar-refractivity contribution in [2.24, 2.45) is 17.3 Å². The Morgan fingerprint density at radius 2 is 2.00 bits per heavy atom. The normalized spacial score (nSPS) is 37.9. The van der Waals surface area contributed by atoms with Gasteiger partial charge in [-0.25, -0.2) is 4.39 Å². The number of hydrogen-bond donors (Lipinski definition) is 1. The van der Waals surface area contributed by atoms with Crippen molar-refractivity contribution in [3.63, 3.8) is 0 Å². The Bertz CT molecular complexity index is 646. The first-order valence-electron chi connectivity index (χ1n) is 8.21. The third-order valence-electron chi connectivity index (χ3n) is 5.84. The number of rotatable bonds is 3. The van der Waals surface area contributed by atoms with Gasteiger partial charge in [0.15, 0.2) is 0 Å². The highest BCUT2D eigenvalue weighted by Crippen LogP contribution is 2.62. The van der Waals surface area contributed by atoms with E-state index in [0.717, 1.165) is 32.1 Å². The van der Waals surface area contributed by atoms with Crippen LogP contribution in [0.2, 0.25) is 5.02 Å². The molecule has 3 nitrogen and oxygen atoms in total. The van der Waals surface area contributed by atoms with Crippen molar-refractivity contribution in [2.75, 3.05) is 0 Å². The first-order valence-corrected chi connectivity index (χ1v) is 8.59. The van der Waals surface area contributed by atoms with E-state index in [1.807, 2.05) is 0 Å². The van der Waals surface area contributed by atoms with Gasteiger partial charge in [-0.15, -0.1) is 0 Å². The molecule has 4 saturated carbocycles. The van der Waals surface area contributed by atoms with Crippen LogP contribution in [-0.2, 0) is 16.1 Å². The number of ether oxygens (including phenoxy) is 1. The van der Waals surface area contributed by atoms with Crippen LogP contribution in [0.5, 0.6) is 0 Å². The van der Waals surface area contributed by atoms with Crippen LogP contribution in [0.3, 0.4) is 0 Å². The molecule has 0 heterocycles. The number of carbonyl (C=O) groups is 1. The lowest BCUT2D eigenvalue weighted by Crippen LogP contribution is -2.58. The van der Waals surface area contributed by atoms with Gasteiger partial charge in [0, 0.05) is 5.56 Å². The van der Waals surface area contributed by atoms with Gasteiger partial charge in [0.2, 0.25) is 0 Å². The Balaban J connectivity index is 1.49. The molecule has 5 heteroatoms. The fraction of sp³-hybridized carbons (Fsp3) is 0.611. The third-order valence-corrected chi connectivity index (χ3v) is 6.19. The molecule has 1 N–H and O–H groups in total. The lowest BCUT2D eigenvalue weighted by molar-refractivity contribution is -0.197. The van der Waals surface area contributed by atoms with Crippen molar-refractivity contribution in [1.29, 1.82) is 0 Å². The molecule has 0 aliphatic heterocycles. The molecule has 2 atom stereocenters. The summed E-state index contributed by atoms with van der Waals surface area (Å²) in [6.45, 7) is 0.0491. The summed E-state index contributed by atoms with van der Waals surface area (Å²) < 4.78 is 18.6. The highest BCUT2D eigenvalue weighted by molar-refractivity contribution is 6.31. The highest BCUT2D eigenvalue weighted by Gasteiger charge is 2.60. The van der Waals surface area contributed by atoms with Crippen LogP contribution in [0.25, 0.3) is 0 Å². The summed E-state index contributed by atoms with van der Waals surface area (Å²) in [5.74, 6) is 0.227. The average molecular weight is 339 g/mol. The molecule has 23 heavy (non-hydrogen) atoms. The Morgan fingerprint density at radius 1 is 1.30 bits per heavy atom. The maximum Gasteiger partial charge on any atom is 0.312 e. The molecule has 5 rings (SSSR count). The van der Waals surface area contributed by atoms with Crippen molar-refractivity contribution < 1.29 is 19.0 Å². The number of carbonyl (C=O) groups excluding carboxylic acids is 1. The van der Waals surface area contributed by atoms with Crippen molar-refractivity contribution in [1.82, 2.24) is 0 Å². The van der Waals surface area contributed by atoms with Crippen molar-refractivity contribution in [3.8, 4) is 0 Å². The molecule has 4 bridgehead atoms. The van der Waals surface area contributed by atoms with E-state index in [-0.39, 0.29) is 17.6 Å². The predicted molar refractivity (Wildman–Crippen MR) is 83.3 cm³/mol. The smallest absolute Gasteiger partial charge is 0.312 e. The number of hydrogen-bond acceptors (Lipinski definition) is 3. The SMILES string of the molecule is O=C(OCc1ccc(F)cc1Cl)C12CC3CC(CC(O)(C3)C1)C2. The van der Waals surface area contributed by atoms with Crippen LogP contribution in [0, 0.1) is 23.1 Å². The molecule has 0 aromatic heterocycles. The minimum Gasteiger partial charge on any atom is -0.460 e. The molecule has 4 aliphatic carbocycles. The van der Waals surface area contributed by atoms with E-state index in [1.54, 1.807) is 0 Å². The van der Waals surface area contributed by atoms with Gasteiger partial charge in [0.1, 0.15) is 12.4 Å². The van der Waals surface area contributed by atoms with Gasteiger partial charge >= 0.3 is 5.97 Å². The Kier molecular flexibility index (Phi) is 3.47. The summed E-state index contributed by atoms with van der Waals surface area (Å²) in [5, 5.41) is 11.0. The van der Waals surface area contributed by atoms with Crippen molar-refractivity contribution in [2.45, 2.75) is 50.7 Å². The highest BCUT2D eigenvalue weighted by atomic mass is 35.5. The lowest BCUT2D eigenvalue weighted by atomic mass is 9.48. The standard InChI is InChI=1S/C18H20ClFO3/c19-15-4-14(20)2-1-13(15)9-23-16(21)17-5-11-3-12(6-17)8-18(22,7-11)10-17/h1-2,4,11-12,22H,3,5-10H2. The summed E-state index contributed by atoms with van der Waals surface area (Å²) in [5.41, 5.74) is -0.619. The van der Waals surface area contributed by atoms with E-state index < -0.39 is 16.8 Å². The molecular weight excluding hydrogens is 319 g/mol. The molecule has 124 valence electrons. The topological polar surface area (TPSA) is 46.5 Å². The number of halogens is 2. The molecule has 0 saturated heterocycles. The zero-order chi connectivity index (χ0) is 16.2. The Labute approximate surface area is 139 Å².